The molecule has 0 bridgehead atoms. The molecule has 17 heavy (non-hydrogen) atoms. The quantitative estimate of drug-likeness (QED) is 0.875. The van der Waals surface area contributed by atoms with Gasteiger partial charge in [-0.05, 0) is 32.4 Å². The lowest BCUT2D eigenvalue weighted by atomic mass is 10.1. The first-order valence-corrected chi connectivity index (χ1v) is 7.01. The third kappa shape index (κ3) is 4.14. The van der Waals surface area contributed by atoms with Crippen molar-refractivity contribution in [2.75, 3.05) is 6.54 Å². The molecule has 3 nitrogen and oxygen atoms in total. The van der Waals surface area contributed by atoms with Crippen molar-refractivity contribution in [3.63, 3.8) is 0 Å². The van der Waals surface area contributed by atoms with Gasteiger partial charge in [-0.15, -0.1) is 11.3 Å². The summed E-state index contributed by atoms with van der Waals surface area (Å²) in [6.45, 7) is 6.30. The largest absolute Gasteiger partial charge is 0.355 e. The van der Waals surface area contributed by atoms with Crippen LogP contribution in [0.2, 0.25) is 8.67 Å². The maximum absolute atomic E-state index is 11.6. The minimum atomic E-state index is -0.264. The highest BCUT2D eigenvalue weighted by molar-refractivity contribution is 7.20. The number of carbonyl (C=O) groups is 1. The summed E-state index contributed by atoms with van der Waals surface area (Å²) in [5, 5.41) is 5.95. The predicted octanol–water partition coefficient (Wildman–Crippen LogP) is 3.23. The highest BCUT2D eigenvalue weighted by atomic mass is 35.5. The maximum atomic E-state index is 11.6. The van der Waals surface area contributed by atoms with Crippen LogP contribution in [0.5, 0.6) is 0 Å². The van der Waals surface area contributed by atoms with Gasteiger partial charge in [0.2, 0.25) is 5.91 Å². The number of hydrogen-bond acceptors (Lipinski definition) is 3. The van der Waals surface area contributed by atoms with Crippen molar-refractivity contribution in [1.82, 2.24) is 10.6 Å². The van der Waals surface area contributed by atoms with Crippen molar-refractivity contribution in [1.29, 1.82) is 0 Å². The first kappa shape index (κ1) is 14.8. The van der Waals surface area contributed by atoms with E-state index in [9.17, 15) is 4.79 Å². The van der Waals surface area contributed by atoms with Crippen molar-refractivity contribution in [3.05, 3.63) is 20.3 Å². The summed E-state index contributed by atoms with van der Waals surface area (Å²) < 4.78 is 1.32. The molecule has 0 saturated heterocycles. The second kappa shape index (κ2) is 6.59. The van der Waals surface area contributed by atoms with Gasteiger partial charge in [-0.1, -0.05) is 23.2 Å². The average Bonchev–Trinajstić information content (AvgIpc) is 2.58. The summed E-state index contributed by atoms with van der Waals surface area (Å²) in [4.78, 5) is 11.6. The van der Waals surface area contributed by atoms with E-state index in [-0.39, 0.29) is 18.0 Å². The van der Waals surface area contributed by atoms with E-state index < -0.39 is 0 Å². The summed E-state index contributed by atoms with van der Waals surface area (Å²) >= 11 is 13.3. The topological polar surface area (TPSA) is 41.1 Å². The molecule has 2 N–H and O–H groups in total. The predicted molar refractivity (Wildman–Crippen MR) is 74.0 cm³/mol. The molecule has 0 aromatic carbocycles. The fourth-order valence-corrected chi connectivity index (χ4v) is 3.16. The van der Waals surface area contributed by atoms with E-state index in [1.165, 1.54) is 11.3 Å². The molecule has 1 aromatic rings. The molecule has 96 valence electrons. The third-order valence-corrected chi connectivity index (χ3v) is 3.91. The first-order chi connectivity index (χ1) is 7.95. The van der Waals surface area contributed by atoms with Gasteiger partial charge in [-0.2, -0.15) is 0 Å². The summed E-state index contributed by atoms with van der Waals surface area (Å²) in [6.07, 6.45) is 0. The summed E-state index contributed by atoms with van der Waals surface area (Å²) in [7, 11) is 0. The molecule has 0 aliphatic rings. The Morgan fingerprint density at radius 1 is 1.47 bits per heavy atom. The number of halogens is 2. The van der Waals surface area contributed by atoms with Gasteiger partial charge in [-0.25, -0.2) is 0 Å². The Labute approximate surface area is 115 Å². The van der Waals surface area contributed by atoms with Crippen molar-refractivity contribution >= 4 is 40.4 Å². The number of carbonyl (C=O) groups excluding carboxylic acids is 1. The van der Waals surface area contributed by atoms with Crippen LogP contribution in [0, 0.1) is 0 Å². The molecule has 0 fully saturated rings. The highest BCUT2D eigenvalue weighted by Gasteiger charge is 2.18. The Kier molecular flexibility index (Phi) is 5.73. The van der Waals surface area contributed by atoms with Crippen molar-refractivity contribution in [2.45, 2.75) is 32.9 Å². The number of hydrogen-bond donors (Lipinski definition) is 2. The zero-order valence-corrected chi connectivity index (χ0v) is 12.3. The third-order valence-electron chi connectivity index (χ3n) is 2.39. The van der Waals surface area contributed by atoms with E-state index in [2.05, 4.69) is 10.6 Å². The zero-order valence-electron chi connectivity index (χ0n) is 10.0. The summed E-state index contributed by atoms with van der Waals surface area (Å²) in [6, 6.07) is 1.56. The molecule has 1 amide bonds. The molecule has 0 spiro atoms. The second-order valence-corrected chi connectivity index (χ2v) is 6.07. The lowest BCUT2D eigenvalue weighted by Crippen LogP contribution is -2.42. The van der Waals surface area contributed by atoms with Crippen LogP contribution in [0.25, 0.3) is 0 Å². The number of likely N-dealkylation sites (N-methyl/N-ethyl adjacent to an activating group) is 1. The van der Waals surface area contributed by atoms with Gasteiger partial charge in [-0.3, -0.25) is 10.1 Å². The van der Waals surface area contributed by atoms with Crippen LogP contribution in [-0.4, -0.2) is 18.5 Å². The lowest BCUT2D eigenvalue weighted by molar-refractivity contribution is -0.122. The van der Waals surface area contributed by atoms with Gasteiger partial charge in [0.05, 0.1) is 14.7 Å². The van der Waals surface area contributed by atoms with Crippen molar-refractivity contribution in [2.24, 2.45) is 0 Å². The molecule has 0 aliphatic carbocycles. The average molecular weight is 295 g/mol. The van der Waals surface area contributed by atoms with Gasteiger partial charge >= 0.3 is 0 Å². The Hall–Kier alpha value is -0.290. The van der Waals surface area contributed by atoms with Crippen LogP contribution in [0.3, 0.4) is 0 Å². The fraction of sp³-hybridized carbons (Fsp3) is 0.545. The van der Waals surface area contributed by atoms with Gasteiger partial charge in [0.1, 0.15) is 0 Å². The minimum absolute atomic E-state index is 0.0103. The Bertz CT molecular complexity index is 395. The van der Waals surface area contributed by atoms with E-state index in [0.717, 1.165) is 5.56 Å². The van der Waals surface area contributed by atoms with Gasteiger partial charge < -0.3 is 5.32 Å². The molecular weight excluding hydrogens is 279 g/mol. The van der Waals surface area contributed by atoms with Gasteiger partial charge in [0.25, 0.3) is 0 Å². The van der Waals surface area contributed by atoms with Gasteiger partial charge in [0.15, 0.2) is 0 Å². The van der Waals surface area contributed by atoms with Crippen LogP contribution >= 0.6 is 34.5 Å². The lowest BCUT2D eigenvalue weighted by Gasteiger charge is -2.19. The van der Waals surface area contributed by atoms with E-state index in [0.29, 0.717) is 15.2 Å². The zero-order chi connectivity index (χ0) is 13.0. The van der Waals surface area contributed by atoms with E-state index in [1.54, 1.807) is 0 Å². The first-order valence-electron chi connectivity index (χ1n) is 5.44. The second-order valence-electron chi connectivity index (χ2n) is 3.78. The Morgan fingerprint density at radius 2 is 2.12 bits per heavy atom. The van der Waals surface area contributed by atoms with E-state index in [1.807, 2.05) is 26.8 Å². The molecule has 2 atom stereocenters. The molecule has 1 heterocycles. The SMILES string of the molecule is CCNC(=O)C(C)NC(C)c1cc(Cl)sc1Cl. The van der Waals surface area contributed by atoms with Crippen molar-refractivity contribution < 1.29 is 4.79 Å². The number of thiophene rings is 1. The molecule has 1 rings (SSSR count). The minimum Gasteiger partial charge on any atom is -0.355 e. The van der Waals surface area contributed by atoms with E-state index >= 15 is 0 Å². The highest BCUT2D eigenvalue weighted by Crippen LogP contribution is 2.34. The molecular formula is C11H16Cl2N2OS. The molecule has 0 aliphatic heterocycles. The molecule has 2 unspecified atom stereocenters. The van der Waals surface area contributed by atoms with Crippen LogP contribution in [0.4, 0.5) is 0 Å². The monoisotopic (exact) mass is 294 g/mol. The van der Waals surface area contributed by atoms with Crippen LogP contribution in [0.15, 0.2) is 6.07 Å². The van der Waals surface area contributed by atoms with Crippen LogP contribution in [0.1, 0.15) is 32.4 Å². The molecule has 1 aromatic heterocycles. The Morgan fingerprint density at radius 3 is 2.59 bits per heavy atom. The Balaban J connectivity index is 2.63. The number of nitrogens with one attached hydrogen (secondary N) is 2. The van der Waals surface area contributed by atoms with Gasteiger partial charge in [0, 0.05) is 12.6 Å². The fourth-order valence-electron chi connectivity index (χ4n) is 1.52. The maximum Gasteiger partial charge on any atom is 0.236 e. The smallest absolute Gasteiger partial charge is 0.236 e. The van der Waals surface area contributed by atoms with Crippen molar-refractivity contribution in [3.8, 4) is 0 Å². The summed E-state index contributed by atoms with van der Waals surface area (Å²) in [5.41, 5.74) is 0.929. The number of rotatable bonds is 5. The normalized spacial score (nSPS) is 14.4. The van der Waals surface area contributed by atoms with Crippen LogP contribution < -0.4 is 10.6 Å². The molecule has 0 radical (unpaired) electrons. The standard InChI is InChI=1S/C11H16Cl2N2OS/c1-4-14-11(16)7(3)15-6(2)8-5-9(12)17-10(8)13/h5-7,15H,4H2,1-3H3,(H,14,16). The van der Waals surface area contributed by atoms with Crippen LogP contribution in [-0.2, 0) is 4.79 Å². The van der Waals surface area contributed by atoms with E-state index in [4.69, 9.17) is 23.2 Å². The number of amides is 1. The summed E-state index contributed by atoms with van der Waals surface area (Å²) in [5.74, 6) is -0.0169. The molecule has 0 saturated carbocycles. The molecule has 6 heteroatoms.